The topological polar surface area (TPSA) is 50.4 Å². The smallest absolute Gasteiger partial charge is 0.237 e. The predicted octanol–water partition coefficient (Wildman–Crippen LogP) is 2.01. The molecule has 1 aliphatic rings. The van der Waals surface area contributed by atoms with Gasteiger partial charge >= 0.3 is 0 Å². The monoisotopic (exact) mass is 298 g/mol. The van der Waals surface area contributed by atoms with Crippen LogP contribution in [-0.4, -0.2) is 25.1 Å². The minimum Gasteiger partial charge on any atom is -0.377 e. The van der Waals surface area contributed by atoms with Crippen LogP contribution in [-0.2, 0) is 22.7 Å². The van der Waals surface area contributed by atoms with E-state index < -0.39 is 0 Å². The van der Waals surface area contributed by atoms with Crippen LogP contribution in [0.25, 0.3) is 0 Å². The fourth-order valence-corrected chi connectivity index (χ4v) is 2.30. The second kappa shape index (κ2) is 8.95. The maximum atomic E-state index is 11.9. The summed E-state index contributed by atoms with van der Waals surface area (Å²) in [5, 5.41) is 6.21. The van der Waals surface area contributed by atoms with Crippen molar-refractivity contribution in [1.82, 2.24) is 10.6 Å². The SMILES string of the molecule is CCOCc1ccccc1CNC(=O)[C@@H]1CCCN1.Cl. The van der Waals surface area contributed by atoms with Gasteiger partial charge in [0.15, 0.2) is 0 Å². The first-order valence-electron chi connectivity index (χ1n) is 6.97. The summed E-state index contributed by atoms with van der Waals surface area (Å²) in [6.07, 6.45) is 2.02. The van der Waals surface area contributed by atoms with Crippen LogP contribution < -0.4 is 10.6 Å². The highest BCUT2D eigenvalue weighted by Gasteiger charge is 2.21. The molecule has 0 aliphatic carbocycles. The molecule has 1 aromatic carbocycles. The van der Waals surface area contributed by atoms with E-state index >= 15 is 0 Å². The lowest BCUT2D eigenvalue weighted by molar-refractivity contribution is -0.122. The Balaban J connectivity index is 0.00000200. The molecule has 1 fully saturated rings. The highest BCUT2D eigenvalue weighted by Crippen LogP contribution is 2.11. The maximum Gasteiger partial charge on any atom is 0.237 e. The summed E-state index contributed by atoms with van der Waals surface area (Å²) in [6, 6.07) is 8.06. The molecule has 112 valence electrons. The van der Waals surface area contributed by atoms with Gasteiger partial charge in [-0.2, -0.15) is 0 Å². The molecule has 0 bridgehead atoms. The number of benzene rings is 1. The Bertz CT molecular complexity index is 420. The zero-order valence-corrected chi connectivity index (χ0v) is 12.7. The maximum absolute atomic E-state index is 11.9. The van der Waals surface area contributed by atoms with Crippen molar-refractivity contribution in [2.45, 2.75) is 39.0 Å². The van der Waals surface area contributed by atoms with Gasteiger partial charge in [-0.15, -0.1) is 12.4 Å². The van der Waals surface area contributed by atoms with Gasteiger partial charge in [-0.3, -0.25) is 4.79 Å². The van der Waals surface area contributed by atoms with E-state index in [9.17, 15) is 4.79 Å². The lowest BCUT2D eigenvalue weighted by atomic mass is 10.1. The van der Waals surface area contributed by atoms with Gasteiger partial charge in [0.2, 0.25) is 5.91 Å². The second-order valence-corrected chi connectivity index (χ2v) is 4.77. The number of rotatable bonds is 6. The summed E-state index contributed by atoms with van der Waals surface area (Å²) < 4.78 is 5.44. The van der Waals surface area contributed by atoms with Crippen molar-refractivity contribution in [3.8, 4) is 0 Å². The van der Waals surface area contributed by atoms with E-state index in [2.05, 4.69) is 10.6 Å². The van der Waals surface area contributed by atoms with E-state index in [4.69, 9.17) is 4.74 Å². The molecule has 0 saturated carbocycles. The first-order chi connectivity index (χ1) is 9.31. The van der Waals surface area contributed by atoms with Crippen LogP contribution in [0.3, 0.4) is 0 Å². The van der Waals surface area contributed by atoms with Gasteiger partial charge in [-0.1, -0.05) is 24.3 Å². The predicted molar refractivity (Wildman–Crippen MR) is 81.9 cm³/mol. The van der Waals surface area contributed by atoms with Crippen molar-refractivity contribution in [3.05, 3.63) is 35.4 Å². The molecule has 2 rings (SSSR count). The average molecular weight is 299 g/mol. The summed E-state index contributed by atoms with van der Waals surface area (Å²) >= 11 is 0. The third kappa shape index (κ3) is 4.78. The fraction of sp³-hybridized carbons (Fsp3) is 0.533. The van der Waals surface area contributed by atoms with Crippen molar-refractivity contribution >= 4 is 18.3 Å². The molecular formula is C15H23ClN2O2. The lowest BCUT2D eigenvalue weighted by Crippen LogP contribution is -2.40. The molecule has 1 saturated heterocycles. The van der Waals surface area contributed by atoms with Crippen molar-refractivity contribution in [2.24, 2.45) is 0 Å². The van der Waals surface area contributed by atoms with Crippen LogP contribution >= 0.6 is 12.4 Å². The van der Waals surface area contributed by atoms with E-state index in [1.54, 1.807) is 0 Å². The third-order valence-electron chi connectivity index (χ3n) is 3.41. The molecule has 5 heteroatoms. The first-order valence-corrected chi connectivity index (χ1v) is 6.97. The Kier molecular flexibility index (Phi) is 7.59. The zero-order chi connectivity index (χ0) is 13.5. The summed E-state index contributed by atoms with van der Waals surface area (Å²) in [7, 11) is 0. The molecule has 0 radical (unpaired) electrons. The van der Waals surface area contributed by atoms with Gasteiger partial charge in [0.25, 0.3) is 0 Å². The number of carbonyl (C=O) groups is 1. The Labute approximate surface area is 126 Å². The van der Waals surface area contributed by atoms with Gasteiger partial charge in [-0.25, -0.2) is 0 Å². The molecule has 0 aromatic heterocycles. The highest BCUT2D eigenvalue weighted by molar-refractivity contribution is 5.85. The van der Waals surface area contributed by atoms with Crippen molar-refractivity contribution in [2.75, 3.05) is 13.2 Å². The van der Waals surface area contributed by atoms with Crippen LogP contribution in [0.1, 0.15) is 30.9 Å². The number of carbonyl (C=O) groups excluding carboxylic acids is 1. The van der Waals surface area contributed by atoms with E-state index in [1.165, 1.54) is 0 Å². The number of halogens is 1. The van der Waals surface area contributed by atoms with E-state index in [1.807, 2.05) is 31.2 Å². The largest absolute Gasteiger partial charge is 0.377 e. The number of hydrogen-bond acceptors (Lipinski definition) is 3. The molecule has 1 heterocycles. The molecule has 20 heavy (non-hydrogen) atoms. The summed E-state index contributed by atoms with van der Waals surface area (Å²) in [5.41, 5.74) is 2.27. The molecule has 1 amide bonds. The fourth-order valence-electron chi connectivity index (χ4n) is 2.30. The minimum absolute atomic E-state index is 0. The van der Waals surface area contributed by atoms with Crippen molar-refractivity contribution in [3.63, 3.8) is 0 Å². The lowest BCUT2D eigenvalue weighted by Gasteiger charge is -2.13. The molecule has 4 nitrogen and oxygen atoms in total. The van der Waals surface area contributed by atoms with Crippen LogP contribution in [0, 0.1) is 0 Å². The second-order valence-electron chi connectivity index (χ2n) is 4.77. The molecule has 2 N–H and O–H groups in total. The van der Waals surface area contributed by atoms with Gasteiger partial charge in [0.1, 0.15) is 0 Å². The minimum atomic E-state index is -0.0148. The Morgan fingerprint density at radius 2 is 2.15 bits per heavy atom. The van der Waals surface area contributed by atoms with Crippen LogP contribution in [0.2, 0.25) is 0 Å². The summed E-state index contributed by atoms with van der Waals surface area (Å²) in [4.78, 5) is 11.9. The quantitative estimate of drug-likeness (QED) is 0.845. The number of nitrogens with one attached hydrogen (secondary N) is 2. The van der Waals surface area contributed by atoms with Gasteiger partial charge in [0, 0.05) is 13.2 Å². The van der Waals surface area contributed by atoms with Gasteiger partial charge in [0.05, 0.1) is 12.6 Å². The molecule has 0 unspecified atom stereocenters. The number of ether oxygens (including phenoxy) is 1. The van der Waals surface area contributed by atoms with Crippen LogP contribution in [0.15, 0.2) is 24.3 Å². The van der Waals surface area contributed by atoms with E-state index in [0.29, 0.717) is 19.8 Å². The number of amides is 1. The molecule has 1 atom stereocenters. The highest BCUT2D eigenvalue weighted by atomic mass is 35.5. The molecule has 0 spiro atoms. The summed E-state index contributed by atoms with van der Waals surface area (Å²) in [5.74, 6) is 0.101. The molecular weight excluding hydrogens is 276 g/mol. The standard InChI is InChI=1S/C15H22N2O2.ClH/c1-2-19-11-13-7-4-3-6-12(13)10-17-15(18)14-8-5-9-16-14;/h3-4,6-7,14,16H,2,5,8-11H2,1H3,(H,17,18);1H/t14-;/m0./s1. The van der Waals surface area contributed by atoms with Gasteiger partial charge in [-0.05, 0) is 37.4 Å². The molecule has 1 aromatic rings. The van der Waals surface area contributed by atoms with E-state index in [0.717, 1.165) is 30.5 Å². The summed E-state index contributed by atoms with van der Waals surface area (Å²) in [6.45, 7) is 4.80. The Morgan fingerprint density at radius 1 is 1.40 bits per heavy atom. The van der Waals surface area contributed by atoms with E-state index in [-0.39, 0.29) is 24.4 Å². The Morgan fingerprint density at radius 3 is 2.80 bits per heavy atom. The Hall–Kier alpha value is -1.10. The normalized spacial score (nSPS) is 17.6. The zero-order valence-electron chi connectivity index (χ0n) is 11.9. The third-order valence-corrected chi connectivity index (χ3v) is 3.41. The molecule has 1 aliphatic heterocycles. The number of hydrogen-bond donors (Lipinski definition) is 2. The van der Waals surface area contributed by atoms with Crippen LogP contribution in [0.5, 0.6) is 0 Å². The van der Waals surface area contributed by atoms with Crippen molar-refractivity contribution < 1.29 is 9.53 Å². The average Bonchev–Trinajstić information content (AvgIpc) is 2.97. The van der Waals surface area contributed by atoms with Gasteiger partial charge < -0.3 is 15.4 Å². The van der Waals surface area contributed by atoms with Crippen LogP contribution in [0.4, 0.5) is 0 Å². The first kappa shape index (κ1) is 17.0. The van der Waals surface area contributed by atoms with Crippen molar-refractivity contribution in [1.29, 1.82) is 0 Å².